The van der Waals surface area contributed by atoms with Gasteiger partial charge in [-0.05, 0) is 48.2 Å². The van der Waals surface area contributed by atoms with E-state index in [0.29, 0.717) is 18.6 Å². The fraction of sp³-hybridized carbons (Fsp3) is 0.400. The van der Waals surface area contributed by atoms with E-state index in [1.807, 2.05) is 18.2 Å². The van der Waals surface area contributed by atoms with Gasteiger partial charge in [-0.15, -0.1) is 0 Å². The first-order chi connectivity index (χ1) is 18.2. The Hall–Kier alpha value is -2.88. The van der Waals surface area contributed by atoms with Crippen LogP contribution < -0.4 is 15.7 Å². The van der Waals surface area contributed by atoms with Crippen LogP contribution in [0.4, 0.5) is 4.79 Å². The summed E-state index contributed by atoms with van der Waals surface area (Å²) in [6, 6.07) is 20.5. The average molecular weight is 615 g/mol. The Kier molecular flexibility index (Phi) is 9.85. The van der Waals surface area contributed by atoms with Gasteiger partial charge in [0.1, 0.15) is 15.7 Å². The van der Waals surface area contributed by atoms with Gasteiger partial charge in [-0.1, -0.05) is 91.3 Å². The van der Waals surface area contributed by atoms with Gasteiger partial charge in [0.25, 0.3) is 9.04 Å². The number of nitrogens with one attached hydrogen (secondary N) is 2. The second-order valence-electron chi connectivity index (χ2n) is 11.3. The number of hydrogen-bond acceptors (Lipinski definition) is 5. The topological polar surface area (TPSA) is 89.7 Å². The van der Waals surface area contributed by atoms with Crippen LogP contribution in [0.3, 0.4) is 0 Å². The van der Waals surface area contributed by atoms with Gasteiger partial charge in [-0.25, -0.2) is 9.59 Å². The van der Waals surface area contributed by atoms with Crippen molar-refractivity contribution in [2.45, 2.75) is 63.4 Å². The van der Waals surface area contributed by atoms with Crippen molar-refractivity contribution in [2.24, 2.45) is 0 Å². The van der Waals surface area contributed by atoms with Crippen LogP contribution in [0.25, 0.3) is 0 Å². The predicted molar refractivity (Wildman–Crippen MR) is 159 cm³/mol. The molecule has 0 aliphatic heterocycles. The first-order valence-corrected chi connectivity index (χ1v) is 15.1. The molecule has 9 heteroatoms. The van der Waals surface area contributed by atoms with Crippen molar-refractivity contribution in [3.8, 4) is 0 Å². The summed E-state index contributed by atoms with van der Waals surface area (Å²) in [5.74, 6) is -0.502. The van der Waals surface area contributed by atoms with E-state index in [-0.39, 0.29) is 11.1 Å². The number of rotatable bonds is 9. The molecular weight excluding hydrogens is 576 g/mol. The Labute approximate surface area is 241 Å². The molecular formula is C30H38BrN2O5Si. The second kappa shape index (κ2) is 12.5. The Morgan fingerprint density at radius 2 is 1.54 bits per heavy atom. The molecule has 0 unspecified atom stereocenters. The highest BCUT2D eigenvalue weighted by molar-refractivity contribution is 9.09. The molecule has 0 bridgehead atoms. The van der Waals surface area contributed by atoms with E-state index in [2.05, 4.69) is 83.4 Å². The van der Waals surface area contributed by atoms with Crippen LogP contribution in [0.2, 0.25) is 0 Å². The van der Waals surface area contributed by atoms with Crippen molar-refractivity contribution in [1.29, 1.82) is 0 Å². The number of esters is 1. The molecule has 0 aliphatic carbocycles. The molecule has 1 amide bonds. The highest BCUT2D eigenvalue weighted by Crippen LogP contribution is 2.33. The van der Waals surface area contributed by atoms with Gasteiger partial charge < -0.3 is 24.2 Å². The Morgan fingerprint density at radius 1 is 0.923 bits per heavy atom. The summed E-state index contributed by atoms with van der Waals surface area (Å²) in [4.78, 5) is 27.8. The molecule has 0 saturated carbocycles. The SMILES string of the molecule is COC(=O)c1cc([C@](Br)(CCO[Si](c2ccccc2)c2ccc(C(C)(C)C)cc2)NC(=O)OC(C)(C)C)c[nH]1. The minimum Gasteiger partial charge on any atom is -0.464 e. The normalized spacial score (nSPS) is 13.6. The van der Waals surface area contributed by atoms with E-state index in [0.717, 1.165) is 10.4 Å². The summed E-state index contributed by atoms with van der Waals surface area (Å²) in [6.45, 7) is 12.3. The Morgan fingerprint density at radius 3 is 2.10 bits per heavy atom. The zero-order valence-electron chi connectivity index (χ0n) is 23.7. The number of alkyl halides is 1. The van der Waals surface area contributed by atoms with Crippen molar-refractivity contribution in [1.82, 2.24) is 10.3 Å². The number of halogens is 1. The quantitative estimate of drug-likeness (QED) is 0.146. The smallest absolute Gasteiger partial charge is 0.409 e. The number of methoxy groups -OCH3 is 1. The first-order valence-electron chi connectivity index (χ1n) is 12.9. The van der Waals surface area contributed by atoms with Crippen molar-refractivity contribution < 1.29 is 23.5 Å². The minimum absolute atomic E-state index is 0.0571. The monoisotopic (exact) mass is 613 g/mol. The summed E-state index contributed by atoms with van der Waals surface area (Å²) >= 11 is 3.73. The van der Waals surface area contributed by atoms with E-state index in [4.69, 9.17) is 13.9 Å². The molecule has 39 heavy (non-hydrogen) atoms. The Balaban J connectivity index is 1.86. The van der Waals surface area contributed by atoms with Gasteiger partial charge in [0.05, 0.1) is 7.11 Å². The summed E-state index contributed by atoms with van der Waals surface area (Å²) < 4.78 is 15.9. The standard InChI is InChI=1S/C30H38BrN2O5Si/c1-28(2,3)21-13-15-24(16-14-21)39(23-11-9-8-10-12-23)37-18-17-30(31,33-27(35)38-29(4,5)6)22-19-25(32-20-22)26(34)36-7/h8-16,19-20,32H,17-18H2,1-7H3,(H,33,35)/t30-/m0/s1. The lowest BCUT2D eigenvalue weighted by Crippen LogP contribution is -2.47. The maximum absolute atomic E-state index is 12.8. The maximum atomic E-state index is 12.8. The summed E-state index contributed by atoms with van der Waals surface area (Å²) in [5.41, 5.74) is 1.56. The molecule has 0 aliphatic rings. The van der Waals surface area contributed by atoms with Gasteiger partial charge >= 0.3 is 12.1 Å². The average Bonchev–Trinajstić information content (AvgIpc) is 3.36. The number of benzene rings is 2. The maximum Gasteiger partial charge on any atom is 0.409 e. The lowest BCUT2D eigenvalue weighted by Gasteiger charge is -2.30. The van der Waals surface area contributed by atoms with Gasteiger partial charge in [0.2, 0.25) is 0 Å². The molecule has 1 heterocycles. The third-order valence-corrected chi connectivity index (χ3v) is 9.25. The van der Waals surface area contributed by atoms with Crippen LogP contribution in [0.5, 0.6) is 0 Å². The minimum atomic E-state index is -1.58. The molecule has 7 nitrogen and oxygen atoms in total. The number of hydrogen-bond donors (Lipinski definition) is 2. The molecule has 0 fully saturated rings. The fourth-order valence-electron chi connectivity index (χ4n) is 3.93. The van der Waals surface area contributed by atoms with Crippen molar-refractivity contribution in [3.63, 3.8) is 0 Å². The van der Waals surface area contributed by atoms with E-state index in [1.54, 1.807) is 33.0 Å². The van der Waals surface area contributed by atoms with E-state index in [9.17, 15) is 9.59 Å². The highest BCUT2D eigenvalue weighted by atomic mass is 79.9. The highest BCUT2D eigenvalue weighted by Gasteiger charge is 2.35. The van der Waals surface area contributed by atoms with Crippen LogP contribution in [0.15, 0.2) is 66.9 Å². The van der Waals surface area contributed by atoms with E-state index < -0.39 is 31.2 Å². The zero-order valence-corrected chi connectivity index (χ0v) is 26.3. The molecule has 0 saturated heterocycles. The number of H-pyrrole nitrogens is 1. The van der Waals surface area contributed by atoms with Crippen LogP contribution in [-0.4, -0.2) is 45.4 Å². The number of aromatic nitrogens is 1. The number of alkyl carbamates (subject to hydrolysis) is 1. The van der Waals surface area contributed by atoms with E-state index >= 15 is 0 Å². The number of carbonyl (C=O) groups excluding carboxylic acids is 2. The molecule has 0 spiro atoms. The van der Waals surface area contributed by atoms with Crippen LogP contribution in [0, 0.1) is 0 Å². The molecule has 1 radical (unpaired) electrons. The molecule has 3 aromatic rings. The molecule has 2 N–H and O–H groups in total. The van der Waals surface area contributed by atoms with Gasteiger partial charge in [0, 0.05) is 24.8 Å². The number of aromatic amines is 1. The molecule has 2 aromatic carbocycles. The summed E-state index contributed by atoms with van der Waals surface area (Å²) in [5, 5.41) is 5.19. The van der Waals surface area contributed by atoms with Crippen LogP contribution >= 0.6 is 15.9 Å². The summed E-state index contributed by atoms with van der Waals surface area (Å²) in [7, 11) is -0.262. The van der Waals surface area contributed by atoms with Crippen molar-refractivity contribution in [2.75, 3.05) is 13.7 Å². The number of carbonyl (C=O) groups is 2. The van der Waals surface area contributed by atoms with Crippen molar-refractivity contribution >= 4 is 47.4 Å². The van der Waals surface area contributed by atoms with E-state index in [1.165, 1.54) is 12.7 Å². The lowest BCUT2D eigenvalue weighted by molar-refractivity contribution is 0.0486. The summed E-state index contributed by atoms with van der Waals surface area (Å²) in [6.07, 6.45) is 1.44. The molecule has 1 atom stereocenters. The number of ether oxygens (including phenoxy) is 2. The lowest BCUT2D eigenvalue weighted by atomic mass is 9.87. The second-order valence-corrected chi connectivity index (χ2v) is 14.8. The van der Waals surface area contributed by atoms with Crippen molar-refractivity contribution in [3.05, 3.63) is 83.7 Å². The largest absolute Gasteiger partial charge is 0.464 e. The molecule has 209 valence electrons. The van der Waals surface area contributed by atoms with Crippen LogP contribution in [0.1, 0.15) is 69.6 Å². The van der Waals surface area contributed by atoms with Gasteiger partial charge in [-0.2, -0.15) is 0 Å². The van der Waals surface area contributed by atoms with Gasteiger partial charge in [-0.3, -0.25) is 0 Å². The third kappa shape index (κ3) is 8.55. The Bertz CT molecular complexity index is 1250. The first kappa shape index (κ1) is 30.7. The van der Waals surface area contributed by atoms with Gasteiger partial charge in [0.15, 0.2) is 0 Å². The predicted octanol–water partition coefficient (Wildman–Crippen LogP) is 5.38. The molecule has 3 rings (SSSR count). The molecule has 1 aromatic heterocycles. The zero-order chi connectivity index (χ0) is 28.8. The third-order valence-electron chi connectivity index (χ3n) is 5.99. The fourth-order valence-corrected chi connectivity index (χ4v) is 6.42. The number of amides is 1. The van der Waals surface area contributed by atoms with Crippen LogP contribution in [-0.2, 0) is 23.8 Å².